The van der Waals surface area contributed by atoms with Crippen molar-refractivity contribution in [2.24, 2.45) is 16.8 Å². The lowest BCUT2D eigenvalue weighted by molar-refractivity contribution is -0.138. The molecule has 3 rings (SSSR count). The molecular formula is C16H24N6O4. The van der Waals surface area contributed by atoms with Gasteiger partial charge in [0.15, 0.2) is 11.8 Å². The Labute approximate surface area is 150 Å². The van der Waals surface area contributed by atoms with Gasteiger partial charge in [-0.3, -0.25) is 14.5 Å². The van der Waals surface area contributed by atoms with Gasteiger partial charge in [-0.15, -0.1) is 0 Å². The first kappa shape index (κ1) is 18.2. The van der Waals surface area contributed by atoms with Crippen LogP contribution in [0.1, 0.15) is 32.1 Å². The number of amidine groups is 1. The number of hydrogen-bond donors (Lipinski definition) is 4. The van der Waals surface area contributed by atoms with Crippen LogP contribution >= 0.6 is 0 Å². The fourth-order valence-corrected chi connectivity index (χ4v) is 3.43. The van der Waals surface area contributed by atoms with Gasteiger partial charge in [-0.05, 0) is 31.6 Å². The SMILES string of the molecule is NC(CN(C=O)C1=NOC2(CCC(CNc3ncc[nH]3)CC2)C1)C(=O)O. The molecule has 10 nitrogen and oxygen atoms in total. The Hall–Kier alpha value is -2.62. The van der Waals surface area contributed by atoms with E-state index in [1.165, 1.54) is 4.90 Å². The smallest absolute Gasteiger partial charge is 0.322 e. The maximum atomic E-state index is 11.3. The van der Waals surface area contributed by atoms with Gasteiger partial charge in [-0.2, -0.15) is 0 Å². The standard InChI is InChI=1S/C16H24N6O4/c17-12(14(24)25)9-22(10-23)13-7-16(26-21-13)3-1-11(2-4-16)8-20-15-18-5-6-19-15/h5-6,10-12H,1-4,7-9,17H2,(H,24,25)(H2,18,19,20). The van der Waals surface area contributed by atoms with E-state index in [9.17, 15) is 9.59 Å². The van der Waals surface area contributed by atoms with E-state index in [1.807, 2.05) is 0 Å². The maximum absolute atomic E-state index is 11.3. The fourth-order valence-electron chi connectivity index (χ4n) is 3.43. The molecule has 0 saturated heterocycles. The highest BCUT2D eigenvalue weighted by molar-refractivity contribution is 5.92. The molecule has 1 amide bonds. The lowest BCUT2D eigenvalue weighted by Gasteiger charge is -2.35. The van der Waals surface area contributed by atoms with Crippen LogP contribution in [0.3, 0.4) is 0 Å². The summed E-state index contributed by atoms with van der Waals surface area (Å²) in [4.78, 5) is 36.3. The summed E-state index contributed by atoms with van der Waals surface area (Å²) in [7, 11) is 0. The van der Waals surface area contributed by atoms with Crippen LogP contribution in [0.4, 0.5) is 5.95 Å². The Kier molecular flexibility index (Phi) is 5.40. The third-order valence-corrected chi connectivity index (χ3v) is 5.07. The number of hydrogen-bond acceptors (Lipinski definition) is 7. The topological polar surface area (TPSA) is 146 Å². The van der Waals surface area contributed by atoms with Crippen LogP contribution in [0.25, 0.3) is 0 Å². The summed E-state index contributed by atoms with van der Waals surface area (Å²) >= 11 is 0. The van der Waals surface area contributed by atoms with Crippen molar-refractivity contribution in [3.63, 3.8) is 0 Å². The number of amides is 1. The number of rotatable bonds is 7. The maximum Gasteiger partial charge on any atom is 0.322 e. The van der Waals surface area contributed by atoms with Crippen LogP contribution in [0.15, 0.2) is 17.5 Å². The molecule has 142 valence electrons. The highest BCUT2D eigenvalue weighted by atomic mass is 16.7. The van der Waals surface area contributed by atoms with Gasteiger partial charge in [-0.1, -0.05) is 5.16 Å². The van der Waals surface area contributed by atoms with Crippen molar-refractivity contribution in [2.75, 3.05) is 18.4 Å². The van der Waals surface area contributed by atoms with E-state index in [0.717, 1.165) is 38.2 Å². The summed E-state index contributed by atoms with van der Waals surface area (Å²) in [5, 5.41) is 16.2. The molecule has 2 heterocycles. The monoisotopic (exact) mass is 364 g/mol. The molecule has 2 aliphatic rings. The van der Waals surface area contributed by atoms with Crippen LogP contribution in [-0.2, 0) is 14.4 Å². The summed E-state index contributed by atoms with van der Waals surface area (Å²) in [6, 6.07) is -1.15. The van der Waals surface area contributed by atoms with Crippen molar-refractivity contribution >= 4 is 24.2 Å². The van der Waals surface area contributed by atoms with Crippen molar-refractivity contribution in [3.8, 4) is 0 Å². The van der Waals surface area contributed by atoms with Crippen molar-refractivity contribution in [1.82, 2.24) is 14.9 Å². The minimum atomic E-state index is -1.16. The van der Waals surface area contributed by atoms with Gasteiger partial charge in [-0.25, -0.2) is 4.98 Å². The van der Waals surface area contributed by atoms with Gasteiger partial charge in [0.05, 0.1) is 13.0 Å². The van der Waals surface area contributed by atoms with E-state index in [4.69, 9.17) is 15.7 Å². The van der Waals surface area contributed by atoms with E-state index in [1.54, 1.807) is 12.4 Å². The predicted octanol–water partition coefficient (Wildman–Crippen LogP) is 0.355. The van der Waals surface area contributed by atoms with Crippen molar-refractivity contribution in [2.45, 2.75) is 43.7 Å². The second-order valence-corrected chi connectivity index (χ2v) is 6.92. The van der Waals surface area contributed by atoms with E-state index >= 15 is 0 Å². The molecule has 1 atom stereocenters. The zero-order valence-electron chi connectivity index (χ0n) is 14.4. The van der Waals surface area contributed by atoms with Gasteiger partial charge in [0.25, 0.3) is 0 Å². The number of H-pyrrole nitrogens is 1. The Balaban J connectivity index is 1.48. The Morgan fingerprint density at radius 3 is 2.96 bits per heavy atom. The number of anilines is 1. The summed E-state index contributed by atoms with van der Waals surface area (Å²) in [6.45, 7) is 0.720. The average molecular weight is 364 g/mol. The minimum absolute atomic E-state index is 0.118. The third-order valence-electron chi connectivity index (χ3n) is 5.07. The zero-order valence-corrected chi connectivity index (χ0v) is 14.4. The molecule has 1 aromatic rings. The summed E-state index contributed by atoms with van der Waals surface area (Å²) in [5.41, 5.74) is 5.11. The number of oxime groups is 1. The number of carboxylic acids is 1. The van der Waals surface area contributed by atoms with Crippen LogP contribution < -0.4 is 11.1 Å². The number of aliphatic carboxylic acids is 1. The summed E-state index contributed by atoms with van der Waals surface area (Å²) in [6.07, 6.45) is 8.17. The Morgan fingerprint density at radius 1 is 1.58 bits per heavy atom. The van der Waals surface area contributed by atoms with E-state index < -0.39 is 17.6 Å². The first-order valence-electron chi connectivity index (χ1n) is 8.70. The average Bonchev–Trinajstić information content (AvgIpc) is 3.29. The fraction of sp³-hybridized carbons (Fsp3) is 0.625. The molecule has 1 unspecified atom stereocenters. The van der Waals surface area contributed by atoms with Crippen molar-refractivity contribution in [3.05, 3.63) is 12.4 Å². The molecule has 1 spiro atoms. The number of nitrogens with two attached hydrogens (primary N) is 1. The van der Waals surface area contributed by atoms with Gasteiger partial charge in [0.2, 0.25) is 6.41 Å². The normalized spacial score (nSPS) is 26.0. The van der Waals surface area contributed by atoms with Crippen LogP contribution in [0.2, 0.25) is 0 Å². The lowest BCUT2D eigenvalue weighted by atomic mass is 9.77. The Morgan fingerprint density at radius 2 is 2.35 bits per heavy atom. The minimum Gasteiger partial charge on any atom is -0.480 e. The molecule has 26 heavy (non-hydrogen) atoms. The molecule has 1 aliphatic heterocycles. The van der Waals surface area contributed by atoms with Gasteiger partial charge >= 0.3 is 5.97 Å². The summed E-state index contributed by atoms with van der Waals surface area (Å²) < 4.78 is 0. The van der Waals surface area contributed by atoms with E-state index in [-0.39, 0.29) is 6.54 Å². The summed E-state index contributed by atoms with van der Waals surface area (Å²) in [5.74, 6) is 0.574. The molecule has 10 heteroatoms. The van der Waals surface area contributed by atoms with Crippen molar-refractivity contribution in [1.29, 1.82) is 0 Å². The number of carbonyl (C=O) groups is 2. The molecular weight excluding hydrogens is 340 g/mol. The lowest BCUT2D eigenvalue weighted by Crippen LogP contribution is -2.45. The van der Waals surface area contributed by atoms with Gasteiger partial charge in [0, 0.05) is 18.9 Å². The molecule has 1 aromatic heterocycles. The van der Waals surface area contributed by atoms with Gasteiger partial charge in [0.1, 0.15) is 11.6 Å². The molecule has 1 saturated carbocycles. The molecule has 0 bridgehead atoms. The van der Waals surface area contributed by atoms with Crippen molar-refractivity contribution < 1.29 is 19.5 Å². The predicted molar refractivity (Wildman–Crippen MR) is 93.3 cm³/mol. The second kappa shape index (κ2) is 7.73. The number of aromatic nitrogens is 2. The van der Waals surface area contributed by atoms with Crippen LogP contribution in [0, 0.1) is 5.92 Å². The zero-order chi connectivity index (χ0) is 18.6. The Bertz CT molecular complexity index is 654. The number of aromatic amines is 1. The van der Waals surface area contributed by atoms with E-state index in [2.05, 4.69) is 20.4 Å². The first-order valence-corrected chi connectivity index (χ1v) is 8.70. The molecule has 0 radical (unpaired) electrons. The molecule has 0 aromatic carbocycles. The van der Waals surface area contributed by atoms with Gasteiger partial charge < -0.3 is 26.0 Å². The van der Waals surface area contributed by atoms with Crippen LogP contribution in [-0.4, -0.2) is 62.9 Å². The largest absolute Gasteiger partial charge is 0.480 e. The highest BCUT2D eigenvalue weighted by Gasteiger charge is 2.44. The second-order valence-electron chi connectivity index (χ2n) is 6.92. The van der Waals surface area contributed by atoms with E-state index in [0.29, 0.717) is 24.6 Å². The third kappa shape index (κ3) is 4.13. The first-order chi connectivity index (χ1) is 12.5. The number of carbonyl (C=O) groups excluding carboxylic acids is 1. The number of carboxylic acid groups (broad SMARTS) is 1. The molecule has 1 fully saturated rings. The highest BCUT2D eigenvalue weighted by Crippen LogP contribution is 2.41. The number of nitrogens with zero attached hydrogens (tertiary/aromatic N) is 3. The molecule has 5 N–H and O–H groups in total. The molecule has 1 aliphatic carbocycles. The number of nitrogens with one attached hydrogen (secondary N) is 2. The quantitative estimate of drug-likeness (QED) is 0.511. The number of imidazole rings is 1. The van der Waals surface area contributed by atoms with Crippen LogP contribution in [0.5, 0.6) is 0 Å².